The van der Waals surface area contributed by atoms with Crippen LogP contribution in [0.2, 0.25) is 0 Å². The molecular formula is C15H21FN4O. The minimum atomic E-state index is -0.885. The molecule has 3 N–H and O–H groups in total. The number of halogens is 1. The summed E-state index contributed by atoms with van der Waals surface area (Å²) < 4.78 is 15.9. The summed E-state index contributed by atoms with van der Waals surface area (Å²) in [5, 5.41) is 14.0. The van der Waals surface area contributed by atoms with E-state index in [-0.39, 0.29) is 19.0 Å². The van der Waals surface area contributed by atoms with Crippen molar-refractivity contribution in [1.29, 1.82) is 0 Å². The zero-order valence-corrected chi connectivity index (χ0v) is 12.2. The monoisotopic (exact) mass is 292 g/mol. The highest BCUT2D eigenvalue weighted by molar-refractivity contribution is 5.29. The van der Waals surface area contributed by atoms with Crippen LogP contribution in [-0.2, 0) is 18.4 Å². The second kappa shape index (κ2) is 6.78. The van der Waals surface area contributed by atoms with Crippen LogP contribution in [0.3, 0.4) is 0 Å². The zero-order chi connectivity index (χ0) is 15.3. The van der Waals surface area contributed by atoms with E-state index < -0.39 is 5.41 Å². The van der Waals surface area contributed by atoms with Gasteiger partial charge in [-0.2, -0.15) is 5.10 Å². The molecular weight excluding hydrogens is 271 g/mol. The Morgan fingerprint density at radius 2 is 2.14 bits per heavy atom. The Morgan fingerprint density at radius 3 is 2.76 bits per heavy atom. The summed E-state index contributed by atoms with van der Waals surface area (Å²) >= 11 is 0. The van der Waals surface area contributed by atoms with Crippen molar-refractivity contribution < 1.29 is 9.50 Å². The van der Waals surface area contributed by atoms with Crippen molar-refractivity contribution in [3.63, 3.8) is 0 Å². The third-order valence-corrected chi connectivity index (χ3v) is 3.77. The zero-order valence-electron chi connectivity index (χ0n) is 12.2. The average molecular weight is 292 g/mol. The summed E-state index contributed by atoms with van der Waals surface area (Å²) in [5.41, 5.74) is 5.41. The molecule has 0 aliphatic heterocycles. The van der Waals surface area contributed by atoms with Crippen molar-refractivity contribution in [1.82, 2.24) is 14.8 Å². The molecule has 114 valence electrons. The largest absolute Gasteiger partial charge is 0.395 e. The molecule has 2 rings (SSSR count). The molecule has 1 heterocycles. The predicted octanol–water partition coefficient (Wildman–Crippen LogP) is 1.26. The number of nitrogens with two attached hydrogens (primary N) is 1. The van der Waals surface area contributed by atoms with Gasteiger partial charge in [0.05, 0.1) is 6.61 Å². The predicted molar refractivity (Wildman–Crippen MR) is 78.2 cm³/mol. The highest BCUT2D eigenvalue weighted by atomic mass is 19.1. The lowest BCUT2D eigenvalue weighted by atomic mass is 9.77. The maximum Gasteiger partial charge on any atom is 0.138 e. The first-order chi connectivity index (χ1) is 10.2. The molecule has 1 unspecified atom stereocenters. The van der Waals surface area contributed by atoms with Crippen molar-refractivity contribution in [2.75, 3.05) is 13.2 Å². The second-order valence-electron chi connectivity index (χ2n) is 5.20. The fourth-order valence-corrected chi connectivity index (χ4v) is 2.50. The quantitative estimate of drug-likeness (QED) is 0.805. The van der Waals surface area contributed by atoms with Gasteiger partial charge in [-0.05, 0) is 18.1 Å². The molecule has 0 saturated heterocycles. The molecule has 0 bridgehead atoms. The summed E-state index contributed by atoms with van der Waals surface area (Å²) in [6, 6.07) is 6.41. The number of aliphatic hydroxyl groups excluding tert-OH is 1. The minimum Gasteiger partial charge on any atom is -0.395 e. The maximum atomic E-state index is 14.1. The fourth-order valence-electron chi connectivity index (χ4n) is 2.50. The molecule has 5 nitrogen and oxygen atoms in total. The molecule has 1 aromatic carbocycles. The molecule has 0 saturated carbocycles. The van der Waals surface area contributed by atoms with Crippen LogP contribution in [-0.4, -0.2) is 33.0 Å². The van der Waals surface area contributed by atoms with Crippen LogP contribution >= 0.6 is 0 Å². The average Bonchev–Trinajstić information content (AvgIpc) is 2.93. The number of hydrogen-bond acceptors (Lipinski definition) is 4. The van der Waals surface area contributed by atoms with E-state index in [0.29, 0.717) is 17.8 Å². The Hall–Kier alpha value is -1.79. The van der Waals surface area contributed by atoms with Gasteiger partial charge in [0.2, 0.25) is 0 Å². The normalized spacial score (nSPS) is 14.1. The van der Waals surface area contributed by atoms with Gasteiger partial charge in [0.1, 0.15) is 18.0 Å². The van der Waals surface area contributed by atoms with Gasteiger partial charge >= 0.3 is 0 Å². The number of nitrogens with zero attached hydrogens (tertiary/aromatic N) is 3. The van der Waals surface area contributed by atoms with Gasteiger partial charge in [-0.15, -0.1) is 0 Å². The molecule has 2 aromatic rings. The molecule has 0 fully saturated rings. The van der Waals surface area contributed by atoms with Crippen molar-refractivity contribution >= 4 is 0 Å². The van der Waals surface area contributed by atoms with Gasteiger partial charge in [-0.3, -0.25) is 4.68 Å². The molecule has 21 heavy (non-hydrogen) atoms. The lowest BCUT2D eigenvalue weighted by molar-refractivity contribution is 0.189. The first-order valence-electron chi connectivity index (χ1n) is 7.09. The summed E-state index contributed by atoms with van der Waals surface area (Å²) in [7, 11) is 0. The molecule has 6 heteroatoms. The van der Waals surface area contributed by atoms with Crippen LogP contribution in [0.5, 0.6) is 0 Å². The molecule has 1 atom stereocenters. The number of aryl methyl sites for hydroxylation is 1. The Labute approximate surface area is 123 Å². The topological polar surface area (TPSA) is 77.0 Å². The van der Waals surface area contributed by atoms with Crippen LogP contribution in [0.1, 0.15) is 24.7 Å². The van der Waals surface area contributed by atoms with E-state index in [1.807, 2.05) is 6.92 Å². The van der Waals surface area contributed by atoms with Crippen molar-refractivity contribution in [3.05, 3.63) is 47.8 Å². The van der Waals surface area contributed by atoms with Crippen LogP contribution in [0.15, 0.2) is 30.6 Å². The second-order valence-corrected chi connectivity index (χ2v) is 5.20. The molecule has 0 radical (unpaired) electrons. The molecule has 0 aliphatic carbocycles. The summed E-state index contributed by atoms with van der Waals surface area (Å²) in [6.07, 6.45) is 2.75. The fraction of sp³-hybridized carbons (Fsp3) is 0.467. The number of benzene rings is 1. The Bertz CT molecular complexity index is 581. The van der Waals surface area contributed by atoms with Gasteiger partial charge in [0, 0.05) is 24.9 Å². The van der Waals surface area contributed by atoms with E-state index in [9.17, 15) is 9.50 Å². The van der Waals surface area contributed by atoms with Crippen LogP contribution in [0.4, 0.5) is 4.39 Å². The first-order valence-corrected chi connectivity index (χ1v) is 7.09. The van der Waals surface area contributed by atoms with E-state index >= 15 is 0 Å². The smallest absolute Gasteiger partial charge is 0.138 e. The van der Waals surface area contributed by atoms with E-state index in [1.165, 1.54) is 12.4 Å². The van der Waals surface area contributed by atoms with Gasteiger partial charge in [-0.25, -0.2) is 9.37 Å². The summed E-state index contributed by atoms with van der Waals surface area (Å²) in [5.74, 6) is 0.346. The van der Waals surface area contributed by atoms with Crippen LogP contribution in [0, 0.1) is 5.82 Å². The number of hydrogen-bond donors (Lipinski definition) is 2. The summed E-state index contributed by atoms with van der Waals surface area (Å²) in [4.78, 5) is 4.23. The standard InChI is InChI=1S/C15H21FN4O/c1-2-7-20-14(18-11-19-20)8-15(9-17,10-21)12-5-3-4-6-13(12)16/h3-6,11,21H,2,7-10,17H2,1H3. The number of rotatable bonds is 7. The van der Waals surface area contributed by atoms with Crippen molar-refractivity contribution in [3.8, 4) is 0 Å². The van der Waals surface area contributed by atoms with E-state index in [1.54, 1.807) is 22.9 Å². The minimum absolute atomic E-state index is 0.128. The van der Waals surface area contributed by atoms with E-state index in [2.05, 4.69) is 10.1 Å². The number of aliphatic hydroxyl groups is 1. The number of aromatic nitrogens is 3. The van der Waals surface area contributed by atoms with Crippen molar-refractivity contribution in [2.24, 2.45) is 5.73 Å². The highest BCUT2D eigenvalue weighted by Gasteiger charge is 2.34. The first kappa shape index (κ1) is 15.6. The van der Waals surface area contributed by atoms with Gasteiger partial charge in [-0.1, -0.05) is 25.1 Å². The molecule has 0 amide bonds. The van der Waals surface area contributed by atoms with E-state index in [4.69, 9.17) is 5.73 Å². The Balaban J connectivity index is 2.39. The molecule has 1 aromatic heterocycles. The van der Waals surface area contributed by atoms with E-state index in [0.717, 1.165) is 13.0 Å². The van der Waals surface area contributed by atoms with Crippen molar-refractivity contribution in [2.45, 2.75) is 31.7 Å². The third kappa shape index (κ3) is 3.11. The third-order valence-electron chi connectivity index (χ3n) is 3.77. The molecule has 0 aliphatic rings. The van der Waals surface area contributed by atoms with Gasteiger partial charge in [0.15, 0.2) is 0 Å². The SMILES string of the molecule is CCCn1ncnc1CC(CN)(CO)c1ccccc1F. The lowest BCUT2D eigenvalue weighted by Crippen LogP contribution is -2.42. The van der Waals surface area contributed by atoms with Gasteiger partial charge < -0.3 is 10.8 Å². The maximum absolute atomic E-state index is 14.1. The molecule has 0 spiro atoms. The Morgan fingerprint density at radius 1 is 1.38 bits per heavy atom. The lowest BCUT2D eigenvalue weighted by Gasteiger charge is -2.31. The Kier molecular flexibility index (Phi) is 5.03. The highest BCUT2D eigenvalue weighted by Crippen LogP contribution is 2.29. The van der Waals surface area contributed by atoms with Gasteiger partial charge in [0.25, 0.3) is 0 Å². The van der Waals surface area contributed by atoms with Crippen LogP contribution < -0.4 is 5.73 Å². The van der Waals surface area contributed by atoms with Crippen LogP contribution in [0.25, 0.3) is 0 Å². The summed E-state index contributed by atoms with van der Waals surface area (Å²) in [6.45, 7) is 2.66.